The lowest BCUT2D eigenvalue weighted by molar-refractivity contribution is 0.0748. The van der Waals surface area contributed by atoms with Gasteiger partial charge in [-0.05, 0) is 104 Å². The van der Waals surface area contributed by atoms with E-state index in [1.165, 1.54) is 116 Å². The molecule has 9 rings (SSSR count). The first-order valence-corrected chi connectivity index (χ1v) is 20.7. The van der Waals surface area contributed by atoms with Crippen molar-refractivity contribution < 1.29 is 0 Å². The van der Waals surface area contributed by atoms with Gasteiger partial charge in [0.2, 0.25) is 0 Å². The van der Waals surface area contributed by atoms with Crippen LogP contribution < -0.4 is 42.5 Å². The zero-order chi connectivity index (χ0) is 30.8. The summed E-state index contributed by atoms with van der Waals surface area (Å²) in [5, 5.41) is 34.5. The summed E-state index contributed by atoms with van der Waals surface area (Å²) in [6.07, 6.45) is 28.2. The van der Waals surface area contributed by atoms with Gasteiger partial charge in [0.05, 0.1) is 49.3 Å². The molecule has 46 heavy (non-hydrogen) atoms. The van der Waals surface area contributed by atoms with E-state index in [9.17, 15) is 0 Å². The van der Waals surface area contributed by atoms with Gasteiger partial charge in [0.1, 0.15) is 0 Å². The van der Waals surface area contributed by atoms with E-state index in [2.05, 4.69) is 56.4 Å². The summed E-state index contributed by atoms with van der Waals surface area (Å²) in [6, 6.07) is 0. The largest absolute Gasteiger partial charge is 0.286 e. The fourth-order valence-corrected chi connectivity index (χ4v) is 13.5. The molecule has 8 bridgehead atoms. The summed E-state index contributed by atoms with van der Waals surface area (Å²) in [5.41, 5.74) is 0. The van der Waals surface area contributed by atoms with Crippen molar-refractivity contribution in [2.45, 2.75) is 179 Å². The summed E-state index contributed by atoms with van der Waals surface area (Å²) >= 11 is 0. The molecule has 5 saturated heterocycles. The molecule has 0 spiro atoms. The van der Waals surface area contributed by atoms with Crippen LogP contribution in [0.25, 0.3) is 0 Å². The average Bonchev–Trinajstić information content (AvgIpc) is 3.82. The van der Waals surface area contributed by atoms with Crippen molar-refractivity contribution in [2.75, 3.05) is 0 Å². The quantitative estimate of drug-likeness (QED) is 0.211. The van der Waals surface area contributed by atoms with Crippen LogP contribution in [-0.4, -0.2) is 49.3 Å². The van der Waals surface area contributed by atoms with Crippen LogP contribution in [0.1, 0.15) is 129 Å². The Labute approximate surface area is 280 Å². The maximum absolute atomic E-state index is 4.40. The van der Waals surface area contributed by atoms with E-state index >= 15 is 0 Å². The SMILES string of the molecule is CCCCCC1CCC(C)C2C3NC4NC(NC5NC(NC6NC(NC(N3)C12)C1CCCCC61)C1CCCCC51)C1CCCCC41. The molecule has 9 aliphatic rings. The highest BCUT2D eigenvalue weighted by molar-refractivity contribution is 5.09. The number of unbranched alkanes of at least 4 members (excludes halogenated alkanes) is 2. The van der Waals surface area contributed by atoms with E-state index in [1.807, 2.05) is 0 Å². The van der Waals surface area contributed by atoms with E-state index in [0.29, 0.717) is 61.2 Å². The molecule has 18 atom stereocenters. The molecule has 0 aromatic rings. The van der Waals surface area contributed by atoms with Crippen LogP contribution in [0.4, 0.5) is 0 Å². The van der Waals surface area contributed by atoms with Crippen molar-refractivity contribution in [3.8, 4) is 0 Å². The van der Waals surface area contributed by atoms with Crippen LogP contribution in [0.15, 0.2) is 0 Å². The van der Waals surface area contributed by atoms with E-state index in [4.69, 9.17) is 0 Å². The predicted molar refractivity (Wildman–Crippen MR) is 185 cm³/mol. The second-order valence-corrected chi connectivity index (χ2v) is 18.0. The number of rotatable bonds is 4. The first kappa shape index (κ1) is 31.6. The van der Waals surface area contributed by atoms with Crippen molar-refractivity contribution in [1.82, 2.24) is 42.5 Å². The van der Waals surface area contributed by atoms with Gasteiger partial charge >= 0.3 is 0 Å². The fourth-order valence-electron chi connectivity index (χ4n) is 13.5. The van der Waals surface area contributed by atoms with Crippen molar-refractivity contribution in [2.24, 2.45) is 59.2 Å². The molecule has 4 aliphatic carbocycles. The van der Waals surface area contributed by atoms with E-state index in [0.717, 1.165) is 47.3 Å². The lowest BCUT2D eigenvalue weighted by Crippen LogP contribution is -2.62. The third-order valence-electron chi connectivity index (χ3n) is 15.7. The van der Waals surface area contributed by atoms with Crippen molar-refractivity contribution >= 4 is 0 Å². The third-order valence-corrected chi connectivity index (χ3v) is 15.7. The number of nitrogens with one attached hydrogen (secondary N) is 8. The van der Waals surface area contributed by atoms with Gasteiger partial charge in [0, 0.05) is 0 Å². The Bertz CT molecular complexity index is 1040. The van der Waals surface area contributed by atoms with Gasteiger partial charge in [-0.15, -0.1) is 0 Å². The highest BCUT2D eigenvalue weighted by atomic mass is 15.4. The maximum Gasteiger partial charge on any atom is 0.0631 e. The normalized spacial score (nSPS) is 54.9. The monoisotopic (exact) mass is 637 g/mol. The van der Waals surface area contributed by atoms with Crippen molar-refractivity contribution in [1.29, 1.82) is 0 Å². The van der Waals surface area contributed by atoms with Crippen LogP contribution >= 0.6 is 0 Å². The molecule has 0 aromatic carbocycles. The molecule has 0 radical (unpaired) electrons. The predicted octanol–water partition coefficient (Wildman–Crippen LogP) is 4.66. The molecule has 4 saturated carbocycles. The molecule has 8 heteroatoms. The Balaban J connectivity index is 1.06. The van der Waals surface area contributed by atoms with Gasteiger partial charge in [-0.2, -0.15) is 0 Å². The topological polar surface area (TPSA) is 96.2 Å². The summed E-state index contributed by atoms with van der Waals surface area (Å²) in [5.74, 6) is 7.40. The van der Waals surface area contributed by atoms with Gasteiger partial charge in [-0.3, -0.25) is 42.5 Å². The third kappa shape index (κ3) is 5.65. The Hall–Kier alpha value is -0.320. The van der Waals surface area contributed by atoms with Crippen molar-refractivity contribution in [3.63, 3.8) is 0 Å². The minimum atomic E-state index is 0.382. The standard InChI is InChI=1S/C38H68N8/c1-3-4-5-12-22-20-19-21(2)29-30(22)38-45-36-28-18-11-9-16-26(28)34(43-36)41-32-24-14-7-6-13-23(24)31(39-32)40-33-25-15-8-10-17-27(25)35(42-33)44-37(29)46-38/h21-46H,3-20H2,1-2H3. The van der Waals surface area contributed by atoms with Gasteiger partial charge in [0.25, 0.3) is 0 Å². The summed E-state index contributed by atoms with van der Waals surface area (Å²) < 4.78 is 0. The zero-order valence-corrected chi connectivity index (χ0v) is 29.1. The molecule has 8 nitrogen and oxygen atoms in total. The second-order valence-electron chi connectivity index (χ2n) is 18.0. The lowest BCUT2D eigenvalue weighted by atomic mass is 9.65. The number of fused-ring (bicyclic) bond motifs is 20. The summed E-state index contributed by atoms with van der Waals surface area (Å²) in [7, 11) is 0. The molecule has 5 heterocycles. The highest BCUT2D eigenvalue weighted by Crippen LogP contribution is 2.49. The lowest BCUT2D eigenvalue weighted by Gasteiger charge is -2.43. The molecule has 5 aliphatic heterocycles. The van der Waals surface area contributed by atoms with E-state index in [-0.39, 0.29) is 0 Å². The van der Waals surface area contributed by atoms with E-state index in [1.54, 1.807) is 0 Å². The average molecular weight is 637 g/mol. The molecule has 9 fully saturated rings. The minimum Gasteiger partial charge on any atom is -0.286 e. The first-order valence-electron chi connectivity index (χ1n) is 20.7. The van der Waals surface area contributed by atoms with E-state index < -0.39 is 0 Å². The van der Waals surface area contributed by atoms with Gasteiger partial charge in [-0.1, -0.05) is 84.5 Å². The van der Waals surface area contributed by atoms with Crippen LogP contribution in [0.2, 0.25) is 0 Å². The summed E-state index contributed by atoms with van der Waals surface area (Å²) in [6.45, 7) is 4.96. The molecule has 260 valence electrons. The van der Waals surface area contributed by atoms with Gasteiger partial charge in [-0.25, -0.2) is 0 Å². The molecular weight excluding hydrogens is 568 g/mol. The number of hydrogen-bond acceptors (Lipinski definition) is 8. The van der Waals surface area contributed by atoms with Crippen LogP contribution in [0.3, 0.4) is 0 Å². The molecule has 0 aromatic heterocycles. The molecular formula is C38H68N8. The zero-order valence-electron chi connectivity index (χ0n) is 29.1. The Morgan fingerprint density at radius 3 is 1.13 bits per heavy atom. The minimum absolute atomic E-state index is 0.382. The first-order chi connectivity index (χ1) is 22.7. The number of hydrogen-bond donors (Lipinski definition) is 8. The van der Waals surface area contributed by atoms with Gasteiger partial charge in [0.15, 0.2) is 0 Å². The molecule has 0 amide bonds. The van der Waals surface area contributed by atoms with Crippen LogP contribution in [-0.2, 0) is 0 Å². The smallest absolute Gasteiger partial charge is 0.0631 e. The Morgan fingerprint density at radius 2 is 0.739 bits per heavy atom. The van der Waals surface area contributed by atoms with Gasteiger partial charge < -0.3 is 0 Å². The molecule has 18 unspecified atom stereocenters. The molecule has 8 N–H and O–H groups in total. The second kappa shape index (κ2) is 13.4. The summed E-state index contributed by atoms with van der Waals surface area (Å²) in [4.78, 5) is 0. The fraction of sp³-hybridized carbons (Fsp3) is 1.00. The van der Waals surface area contributed by atoms with Crippen LogP contribution in [0, 0.1) is 59.2 Å². The Morgan fingerprint density at radius 1 is 0.391 bits per heavy atom. The highest BCUT2D eigenvalue weighted by Gasteiger charge is 2.56. The van der Waals surface area contributed by atoms with Crippen molar-refractivity contribution in [3.05, 3.63) is 0 Å². The van der Waals surface area contributed by atoms with Crippen LogP contribution in [0.5, 0.6) is 0 Å². The maximum atomic E-state index is 4.40. The Kier molecular flexibility index (Phi) is 9.24.